The van der Waals surface area contributed by atoms with E-state index in [4.69, 9.17) is 0 Å². The van der Waals surface area contributed by atoms with Gasteiger partial charge in [0.1, 0.15) is 0 Å². The summed E-state index contributed by atoms with van der Waals surface area (Å²) < 4.78 is 102. The average molecular weight is 286 g/mol. The Morgan fingerprint density at radius 2 is 1.17 bits per heavy atom. The third kappa shape index (κ3) is 3.06. The second-order valence-corrected chi connectivity index (χ2v) is 4.20. The minimum Gasteiger partial charge on any atom is -0.200 e. The van der Waals surface area contributed by atoms with Crippen molar-refractivity contribution in [3.05, 3.63) is 0 Å². The quantitative estimate of drug-likeness (QED) is 0.449. The minimum absolute atomic E-state index is 0.125. The maximum absolute atomic E-state index is 13.0. The van der Waals surface area contributed by atoms with Gasteiger partial charge in [0.15, 0.2) is 0 Å². The number of unbranched alkanes of at least 4 members (excludes halogenated alkanes) is 2. The van der Waals surface area contributed by atoms with Gasteiger partial charge in [-0.2, -0.15) is 35.1 Å². The van der Waals surface area contributed by atoms with Crippen molar-refractivity contribution in [2.45, 2.75) is 63.2 Å². The van der Waals surface area contributed by atoms with Gasteiger partial charge >= 0.3 is 23.7 Å². The largest absolute Gasteiger partial charge is 0.378 e. The monoisotopic (exact) mass is 286 g/mol. The molecule has 0 aromatic heterocycles. The Bertz CT molecular complexity index is 266. The van der Waals surface area contributed by atoms with E-state index in [-0.39, 0.29) is 6.42 Å². The highest BCUT2D eigenvalue weighted by molar-refractivity contribution is 5.01. The summed E-state index contributed by atoms with van der Waals surface area (Å²) in [5, 5.41) is 0. The SMILES string of the molecule is CCCCCC(F)(F)C(F)(F)C(F)(F)C(C)(F)F. The molecule has 0 aliphatic carbocycles. The molecule has 0 atom stereocenters. The van der Waals surface area contributed by atoms with Gasteiger partial charge < -0.3 is 0 Å². The van der Waals surface area contributed by atoms with Crippen LogP contribution in [0.1, 0.15) is 39.5 Å². The van der Waals surface area contributed by atoms with Crippen molar-refractivity contribution in [3.8, 4) is 0 Å². The van der Waals surface area contributed by atoms with Crippen LogP contribution in [0.5, 0.6) is 0 Å². The molecule has 0 amide bonds. The molecule has 0 aliphatic rings. The first-order valence-corrected chi connectivity index (χ1v) is 5.32. The van der Waals surface area contributed by atoms with Gasteiger partial charge in [-0.05, 0) is 6.42 Å². The summed E-state index contributed by atoms with van der Waals surface area (Å²) in [6.45, 7) is 1.08. The molecular weight excluding hydrogens is 272 g/mol. The van der Waals surface area contributed by atoms with Crippen LogP contribution < -0.4 is 0 Å². The highest BCUT2D eigenvalue weighted by Crippen LogP contribution is 2.53. The van der Waals surface area contributed by atoms with Crippen LogP contribution in [0, 0.1) is 0 Å². The van der Waals surface area contributed by atoms with Gasteiger partial charge in [0.25, 0.3) is 0 Å². The zero-order chi connectivity index (χ0) is 14.8. The van der Waals surface area contributed by atoms with Crippen LogP contribution in [0.25, 0.3) is 0 Å². The van der Waals surface area contributed by atoms with Gasteiger partial charge in [-0.25, -0.2) is 0 Å². The lowest BCUT2D eigenvalue weighted by Crippen LogP contribution is -2.61. The standard InChI is InChI=1S/C10H14F8/c1-3-4-5-6-8(13,14)10(17,18)9(15,16)7(2,11)12/h3-6H2,1-2H3. The fourth-order valence-electron chi connectivity index (χ4n) is 1.26. The highest BCUT2D eigenvalue weighted by Gasteiger charge is 2.78. The first-order valence-electron chi connectivity index (χ1n) is 5.32. The molecule has 0 fully saturated rings. The Hall–Kier alpha value is -0.560. The van der Waals surface area contributed by atoms with Crippen LogP contribution >= 0.6 is 0 Å². The summed E-state index contributed by atoms with van der Waals surface area (Å²) in [6.07, 6.45) is -1.47. The van der Waals surface area contributed by atoms with Gasteiger partial charge in [0.2, 0.25) is 0 Å². The molecule has 18 heavy (non-hydrogen) atoms. The van der Waals surface area contributed by atoms with Crippen molar-refractivity contribution in [2.24, 2.45) is 0 Å². The summed E-state index contributed by atoms with van der Waals surface area (Å²) in [7, 11) is 0. The summed E-state index contributed by atoms with van der Waals surface area (Å²) in [5.41, 5.74) is 0. The summed E-state index contributed by atoms with van der Waals surface area (Å²) >= 11 is 0. The second kappa shape index (κ2) is 5.21. The van der Waals surface area contributed by atoms with Gasteiger partial charge in [-0.3, -0.25) is 0 Å². The van der Waals surface area contributed by atoms with E-state index < -0.39 is 43.5 Å². The van der Waals surface area contributed by atoms with E-state index >= 15 is 0 Å². The predicted octanol–water partition coefficient (Wildman–Crippen LogP) is 5.13. The molecule has 0 rings (SSSR count). The van der Waals surface area contributed by atoms with E-state index in [2.05, 4.69) is 0 Å². The topological polar surface area (TPSA) is 0 Å². The zero-order valence-corrected chi connectivity index (χ0v) is 9.85. The number of rotatable bonds is 7. The van der Waals surface area contributed by atoms with Crippen LogP contribution in [0.4, 0.5) is 35.1 Å². The summed E-state index contributed by atoms with van der Waals surface area (Å²) in [5.74, 6) is -22.6. The first-order chi connectivity index (χ1) is 7.81. The Morgan fingerprint density at radius 3 is 1.50 bits per heavy atom. The second-order valence-electron chi connectivity index (χ2n) is 4.20. The first kappa shape index (κ1) is 17.4. The Morgan fingerprint density at radius 1 is 0.722 bits per heavy atom. The smallest absolute Gasteiger partial charge is 0.200 e. The van der Waals surface area contributed by atoms with Crippen LogP contribution in [0.3, 0.4) is 0 Å². The van der Waals surface area contributed by atoms with Crippen molar-refractivity contribution < 1.29 is 35.1 Å². The van der Waals surface area contributed by atoms with E-state index in [0.29, 0.717) is 6.42 Å². The third-order valence-corrected chi connectivity index (χ3v) is 2.50. The lowest BCUT2D eigenvalue weighted by Gasteiger charge is -2.35. The lowest BCUT2D eigenvalue weighted by atomic mass is 9.95. The summed E-state index contributed by atoms with van der Waals surface area (Å²) in [6, 6.07) is 0. The molecule has 8 heteroatoms. The molecule has 0 aliphatic heterocycles. The molecule has 110 valence electrons. The van der Waals surface area contributed by atoms with Crippen LogP contribution in [-0.2, 0) is 0 Å². The molecule has 0 unspecified atom stereocenters. The third-order valence-electron chi connectivity index (χ3n) is 2.50. The normalized spacial score (nSPS) is 15.0. The molecule has 0 saturated carbocycles. The Kier molecular flexibility index (Phi) is 5.04. The van der Waals surface area contributed by atoms with Gasteiger partial charge in [0, 0.05) is 13.3 Å². The number of alkyl halides is 8. The number of hydrogen-bond donors (Lipinski definition) is 0. The molecule has 0 radical (unpaired) electrons. The lowest BCUT2D eigenvalue weighted by molar-refractivity contribution is -0.363. The molecule has 0 heterocycles. The number of hydrogen-bond acceptors (Lipinski definition) is 0. The van der Waals surface area contributed by atoms with E-state index in [1.165, 1.54) is 0 Å². The van der Waals surface area contributed by atoms with E-state index in [9.17, 15) is 35.1 Å². The Balaban J connectivity index is 5.11. The molecule has 0 spiro atoms. The van der Waals surface area contributed by atoms with Crippen LogP contribution in [0.15, 0.2) is 0 Å². The maximum Gasteiger partial charge on any atom is 0.378 e. The number of halogens is 8. The fourth-order valence-corrected chi connectivity index (χ4v) is 1.26. The highest BCUT2D eigenvalue weighted by atomic mass is 19.4. The zero-order valence-electron chi connectivity index (χ0n) is 9.85. The van der Waals surface area contributed by atoms with Gasteiger partial charge in [0.05, 0.1) is 0 Å². The molecule has 0 nitrogen and oxygen atoms in total. The van der Waals surface area contributed by atoms with Gasteiger partial charge in [-0.15, -0.1) is 0 Å². The molecule has 0 N–H and O–H groups in total. The van der Waals surface area contributed by atoms with E-state index in [1.54, 1.807) is 6.92 Å². The minimum atomic E-state index is -6.10. The Labute approximate surface area is 99.3 Å². The molecule has 0 aromatic carbocycles. The van der Waals surface area contributed by atoms with Crippen molar-refractivity contribution in [1.82, 2.24) is 0 Å². The van der Waals surface area contributed by atoms with Crippen LogP contribution in [0.2, 0.25) is 0 Å². The maximum atomic E-state index is 13.0. The van der Waals surface area contributed by atoms with Crippen molar-refractivity contribution in [1.29, 1.82) is 0 Å². The van der Waals surface area contributed by atoms with Gasteiger partial charge in [-0.1, -0.05) is 19.8 Å². The van der Waals surface area contributed by atoms with Crippen molar-refractivity contribution in [2.75, 3.05) is 0 Å². The van der Waals surface area contributed by atoms with Crippen molar-refractivity contribution in [3.63, 3.8) is 0 Å². The average Bonchev–Trinajstić information content (AvgIpc) is 2.15. The van der Waals surface area contributed by atoms with Crippen molar-refractivity contribution >= 4 is 0 Å². The predicted molar refractivity (Wildman–Crippen MR) is 49.6 cm³/mol. The summed E-state index contributed by atoms with van der Waals surface area (Å²) in [4.78, 5) is 0. The van der Waals surface area contributed by atoms with E-state index in [1.807, 2.05) is 0 Å². The molecule has 0 saturated heterocycles. The van der Waals surface area contributed by atoms with Crippen LogP contribution in [-0.4, -0.2) is 23.7 Å². The van der Waals surface area contributed by atoms with E-state index in [0.717, 1.165) is 0 Å². The molecule has 0 bridgehead atoms. The molecule has 0 aromatic rings. The molecular formula is C10H14F8. The fraction of sp³-hybridized carbons (Fsp3) is 1.00.